The number of carbonyl (C=O) groups is 1. The number of hydrogen-bond donors (Lipinski definition) is 1. The summed E-state index contributed by atoms with van der Waals surface area (Å²) in [5.41, 5.74) is 1.13. The van der Waals surface area contributed by atoms with Gasteiger partial charge in [0.15, 0.2) is 0 Å². The van der Waals surface area contributed by atoms with E-state index in [0.29, 0.717) is 17.4 Å². The van der Waals surface area contributed by atoms with E-state index in [9.17, 15) is 14.9 Å². The van der Waals surface area contributed by atoms with Crippen LogP contribution in [0.1, 0.15) is 5.56 Å². The summed E-state index contributed by atoms with van der Waals surface area (Å²) in [5, 5.41) is 11.6. The van der Waals surface area contributed by atoms with Gasteiger partial charge in [-0.3, -0.25) is 10.1 Å². The molecule has 0 atom stereocenters. The van der Waals surface area contributed by atoms with Gasteiger partial charge in [0.2, 0.25) is 0 Å². The van der Waals surface area contributed by atoms with Crippen molar-refractivity contribution in [3.8, 4) is 0 Å². The van der Waals surface area contributed by atoms with E-state index in [0.717, 1.165) is 5.39 Å². The number of nitrogens with zero attached hydrogens (tertiary/aromatic N) is 1. The highest BCUT2D eigenvalue weighted by molar-refractivity contribution is 5.84. The minimum Gasteiger partial charge on any atom is -0.361 e. The standard InChI is InChI=1S/C10H8N2O3/c13-4-2-8-5-7-1-3-11-9(7)6-10(8)12(14)15/h1,3-6,11H,2H2. The van der Waals surface area contributed by atoms with Gasteiger partial charge in [0.1, 0.15) is 6.29 Å². The normalized spacial score (nSPS) is 10.4. The molecule has 0 fully saturated rings. The average molecular weight is 204 g/mol. The lowest BCUT2D eigenvalue weighted by molar-refractivity contribution is -0.385. The van der Waals surface area contributed by atoms with Gasteiger partial charge in [-0.1, -0.05) is 0 Å². The molecule has 15 heavy (non-hydrogen) atoms. The van der Waals surface area contributed by atoms with E-state index in [4.69, 9.17) is 0 Å². The van der Waals surface area contributed by atoms with E-state index in [1.165, 1.54) is 6.07 Å². The number of aldehydes is 1. The monoisotopic (exact) mass is 204 g/mol. The second kappa shape index (κ2) is 3.53. The second-order valence-electron chi connectivity index (χ2n) is 3.17. The summed E-state index contributed by atoms with van der Waals surface area (Å²) >= 11 is 0. The molecule has 1 heterocycles. The third kappa shape index (κ3) is 1.59. The molecule has 5 heteroatoms. The fourth-order valence-electron chi connectivity index (χ4n) is 1.56. The van der Waals surface area contributed by atoms with Crippen LogP contribution in [0.2, 0.25) is 0 Å². The first-order chi connectivity index (χ1) is 7.22. The quantitative estimate of drug-likeness (QED) is 0.470. The van der Waals surface area contributed by atoms with Gasteiger partial charge in [0.05, 0.1) is 10.4 Å². The van der Waals surface area contributed by atoms with Crippen LogP contribution in [0.25, 0.3) is 10.9 Å². The van der Waals surface area contributed by atoms with Crippen molar-refractivity contribution in [2.75, 3.05) is 0 Å². The SMILES string of the molecule is O=CCc1cc2cc[nH]c2cc1[N+](=O)[O-]. The minimum atomic E-state index is -0.473. The predicted molar refractivity (Wildman–Crippen MR) is 54.7 cm³/mol. The molecule has 0 aliphatic heterocycles. The molecule has 2 rings (SSSR count). The fraction of sp³-hybridized carbons (Fsp3) is 0.100. The fourth-order valence-corrected chi connectivity index (χ4v) is 1.56. The molecule has 0 bridgehead atoms. The molecule has 0 aliphatic rings. The molecular weight excluding hydrogens is 196 g/mol. The number of fused-ring (bicyclic) bond motifs is 1. The van der Waals surface area contributed by atoms with Crippen molar-refractivity contribution in [3.63, 3.8) is 0 Å². The van der Waals surface area contributed by atoms with Crippen molar-refractivity contribution >= 4 is 22.9 Å². The van der Waals surface area contributed by atoms with Gasteiger partial charge in [0, 0.05) is 29.6 Å². The van der Waals surface area contributed by atoms with Crippen LogP contribution in [0.5, 0.6) is 0 Å². The van der Waals surface area contributed by atoms with Gasteiger partial charge in [-0.2, -0.15) is 0 Å². The summed E-state index contributed by atoms with van der Waals surface area (Å²) in [7, 11) is 0. The Morgan fingerprint density at radius 1 is 1.47 bits per heavy atom. The third-order valence-corrected chi connectivity index (χ3v) is 2.25. The molecule has 0 amide bonds. The van der Waals surface area contributed by atoms with Gasteiger partial charge in [-0.15, -0.1) is 0 Å². The number of carbonyl (C=O) groups excluding carboxylic acids is 1. The van der Waals surface area contributed by atoms with Gasteiger partial charge in [-0.25, -0.2) is 0 Å². The summed E-state index contributed by atoms with van der Waals surface area (Å²) in [4.78, 5) is 23.5. The smallest absolute Gasteiger partial charge is 0.275 e. The van der Waals surface area contributed by atoms with Gasteiger partial charge in [-0.05, 0) is 12.1 Å². The highest BCUT2D eigenvalue weighted by Crippen LogP contribution is 2.25. The lowest BCUT2D eigenvalue weighted by Crippen LogP contribution is -1.96. The Balaban J connectivity index is 2.67. The third-order valence-electron chi connectivity index (χ3n) is 2.25. The van der Waals surface area contributed by atoms with Crippen LogP contribution in [0.15, 0.2) is 24.4 Å². The molecule has 1 aromatic carbocycles. The highest BCUT2D eigenvalue weighted by atomic mass is 16.6. The molecule has 0 spiro atoms. The van der Waals surface area contributed by atoms with Crippen molar-refractivity contribution in [1.82, 2.24) is 4.98 Å². The van der Waals surface area contributed by atoms with E-state index < -0.39 is 4.92 Å². The Hall–Kier alpha value is -2.17. The van der Waals surface area contributed by atoms with Crippen molar-refractivity contribution in [3.05, 3.63) is 40.1 Å². The number of benzene rings is 1. The predicted octanol–water partition coefficient (Wildman–Crippen LogP) is 1.82. The Kier molecular flexibility index (Phi) is 2.21. The molecule has 1 N–H and O–H groups in total. The van der Waals surface area contributed by atoms with Crippen molar-refractivity contribution in [2.24, 2.45) is 0 Å². The number of H-pyrrole nitrogens is 1. The van der Waals surface area contributed by atoms with Crippen molar-refractivity contribution in [2.45, 2.75) is 6.42 Å². The molecule has 0 saturated heterocycles. The van der Waals surface area contributed by atoms with Crippen LogP contribution in [0.3, 0.4) is 0 Å². The Labute approximate surface area is 84.9 Å². The van der Waals surface area contributed by atoms with Crippen LogP contribution >= 0.6 is 0 Å². The molecule has 0 radical (unpaired) electrons. The van der Waals surface area contributed by atoms with Gasteiger partial charge in [0.25, 0.3) is 5.69 Å². The van der Waals surface area contributed by atoms with Crippen LogP contribution < -0.4 is 0 Å². The largest absolute Gasteiger partial charge is 0.361 e. The number of nitro groups is 1. The highest BCUT2D eigenvalue weighted by Gasteiger charge is 2.14. The number of aromatic amines is 1. The lowest BCUT2D eigenvalue weighted by Gasteiger charge is -1.99. The van der Waals surface area contributed by atoms with E-state index in [2.05, 4.69) is 4.98 Å². The van der Waals surface area contributed by atoms with Crippen LogP contribution in [-0.2, 0) is 11.2 Å². The number of hydrogen-bond acceptors (Lipinski definition) is 3. The summed E-state index contributed by atoms with van der Waals surface area (Å²) in [5.74, 6) is 0. The zero-order valence-corrected chi connectivity index (χ0v) is 7.77. The molecule has 2 aromatic rings. The first-order valence-corrected chi connectivity index (χ1v) is 4.40. The Bertz CT molecular complexity index is 530. The maximum absolute atomic E-state index is 10.7. The summed E-state index contributed by atoms with van der Waals surface area (Å²) in [6, 6.07) is 4.93. The minimum absolute atomic E-state index is 0.0166. The Morgan fingerprint density at radius 2 is 2.27 bits per heavy atom. The maximum atomic E-state index is 10.7. The molecule has 0 unspecified atom stereocenters. The maximum Gasteiger partial charge on any atom is 0.275 e. The first kappa shape index (κ1) is 9.39. The Morgan fingerprint density at radius 3 is 2.93 bits per heavy atom. The van der Waals surface area contributed by atoms with E-state index in [1.807, 2.05) is 6.07 Å². The summed E-state index contributed by atoms with van der Waals surface area (Å²) in [6.07, 6.45) is 2.44. The van der Waals surface area contributed by atoms with Crippen LogP contribution in [0, 0.1) is 10.1 Å². The second-order valence-corrected chi connectivity index (χ2v) is 3.17. The molecule has 0 saturated carbocycles. The van der Waals surface area contributed by atoms with Crippen LogP contribution in [-0.4, -0.2) is 16.2 Å². The van der Waals surface area contributed by atoms with Gasteiger partial charge >= 0.3 is 0 Å². The molecule has 76 valence electrons. The summed E-state index contributed by atoms with van der Waals surface area (Å²) < 4.78 is 0. The van der Waals surface area contributed by atoms with Crippen LogP contribution in [0.4, 0.5) is 5.69 Å². The van der Waals surface area contributed by atoms with Crippen molar-refractivity contribution < 1.29 is 9.72 Å². The molecule has 5 nitrogen and oxygen atoms in total. The van der Waals surface area contributed by atoms with Crippen molar-refractivity contribution in [1.29, 1.82) is 0 Å². The topological polar surface area (TPSA) is 76.0 Å². The number of aromatic nitrogens is 1. The number of nitro benzene ring substituents is 1. The lowest BCUT2D eigenvalue weighted by atomic mass is 10.1. The van der Waals surface area contributed by atoms with Gasteiger partial charge < -0.3 is 9.78 Å². The van der Waals surface area contributed by atoms with E-state index >= 15 is 0 Å². The number of rotatable bonds is 3. The summed E-state index contributed by atoms with van der Waals surface area (Å²) in [6.45, 7) is 0. The zero-order chi connectivity index (χ0) is 10.8. The molecule has 1 aromatic heterocycles. The van der Waals surface area contributed by atoms with E-state index in [1.54, 1.807) is 12.3 Å². The number of nitrogens with one attached hydrogen (secondary N) is 1. The zero-order valence-electron chi connectivity index (χ0n) is 7.77. The average Bonchev–Trinajstić information content (AvgIpc) is 2.63. The molecular formula is C10H8N2O3. The first-order valence-electron chi connectivity index (χ1n) is 4.40. The van der Waals surface area contributed by atoms with E-state index in [-0.39, 0.29) is 12.1 Å². The molecule has 0 aliphatic carbocycles.